The molecule has 0 atom stereocenters. The van der Waals surface area contributed by atoms with Crippen molar-refractivity contribution in [2.75, 3.05) is 7.11 Å². The Hall–Kier alpha value is -2.34. The van der Waals surface area contributed by atoms with E-state index in [0.29, 0.717) is 17.0 Å². The van der Waals surface area contributed by atoms with Gasteiger partial charge in [0.05, 0.1) is 17.7 Å². The maximum Gasteiger partial charge on any atom is 0.276 e. The summed E-state index contributed by atoms with van der Waals surface area (Å²) < 4.78 is 30.3. The average molecular weight is 346 g/mol. The molecule has 0 amide bonds. The first-order chi connectivity index (χ1) is 11.2. The number of sulfonamides is 1. The molecule has 0 saturated carbocycles. The van der Waals surface area contributed by atoms with E-state index in [1.54, 1.807) is 33.1 Å². The highest BCUT2D eigenvalue weighted by Crippen LogP contribution is 2.21. The summed E-state index contributed by atoms with van der Waals surface area (Å²) in [5.74, 6) is 0.646. The van der Waals surface area contributed by atoms with Gasteiger partial charge in [-0.3, -0.25) is 0 Å². The molecular formula is C18H22N2O3S. The second-order valence-corrected chi connectivity index (χ2v) is 7.39. The number of hydrogen-bond acceptors (Lipinski definition) is 4. The second kappa shape index (κ2) is 7.05. The first kappa shape index (κ1) is 18.0. The zero-order valence-electron chi connectivity index (χ0n) is 14.5. The van der Waals surface area contributed by atoms with Gasteiger partial charge in [-0.2, -0.15) is 18.4 Å². The fourth-order valence-corrected chi connectivity index (χ4v) is 3.53. The van der Waals surface area contributed by atoms with E-state index in [1.807, 2.05) is 38.1 Å². The summed E-state index contributed by atoms with van der Waals surface area (Å²) in [6.45, 7) is 7.30. The molecule has 0 bridgehead atoms. The summed E-state index contributed by atoms with van der Waals surface area (Å²) in [7, 11) is -2.15. The Bertz CT molecular complexity index is 887. The number of hydrazone groups is 1. The number of ether oxygens (including phenoxy) is 1. The number of aryl methyl sites for hydroxylation is 3. The lowest BCUT2D eigenvalue weighted by atomic mass is 10.1. The Kier molecular flexibility index (Phi) is 5.29. The zero-order valence-corrected chi connectivity index (χ0v) is 15.4. The van der Waals surface area contributed by atoms with Crippen molar-refractivity contribution in [2.45, 2.75) is 32.6 Å². The van der Waals surface area contributed by atoms with Gasteiger partial charge in [0, 0.05) is 5.56 Å². The first-order valence-corrected chi connectivity index (χ1v) is 9.01. The summed E-state index contributed by atoms with van der Waals surface area (Å²) in [6.07, 6.45) is 0. The molecule has 0 aliphatic rings. The minimum absolute atomic E-state index is 0.232. The summed E-state index contributed by atoms with van der Waals surface area (Å²) in [5, 5.41) is 4.06. The molecule has 0 aromatic heterocycles. The van der Waals surface area contributed by atoms with Crippen molar-refractivity contribution in [3.8, 4) is 5.75 Å². The van der Waals surface area contributed by atoms with Crippen LogP contribution in [0.15, 0.2) is 46.4 Å². The molecule has 2 rings (SSSR count). The fourth-order valence-electron chi connectivity index (χ4n) is 2.34. The van der Waals surface area contributed by atoms with Gasteiger partial charge in [0.1, 0.15) is 5.75 Å². The third kappa shape index (κ3) is 3.94. The fraction of sp³-hybridized carbons (Fsp3) is 0.278. The predicted octanol–water partition coefficient (Wildman–Crippen LogP) is 3.32. The molecule has 24 heavy (non-hydrogen) atoms. The highest BCUT2D eigenvalue weighted by atomic mass is 32.2. The lowest BCUT2D eigenvalue weighted by molar-refractivity contribution is 0.414. The highest BCUT2D eigenvalue weighted by molar-refractivity contribution is 7.89. The summed E-state index contributed by atoms with van der Waals surface area (Å²) in [5.41, 5.74) is 3.87. The Morgan fingerprint density at radius 2 is 1.67 bits per heavy atom. The third-order valence-corrected chi connectivity index (χ3v) is 5.06. The topological polar surface area (TPSA) is 67.8 Å². The molecule has 6 heteroatoms. The number of nitrogens with one attached hydrogen (secondary N) is 1. The van der Waals surface area contributed by atoms with Crippen LogP contribution in [0.1, 0.15) is 29.2 Å². The average Bonchev–Trinajstić information content (AvgIpc) is 2.54. The van der Waals surface area contributed by atoms with Crippen molar-refractivity contribution in [1.29, 1.82) is 0 Å². The molecule has 0 unspecified atom stereocenters. The molecule has 0 aliphatic heterocycles. The highest BCUT2D eigenvalue weighted by Gasteiger charge is 2.17. The molecule has 128 valence electrons. The van der Waals surface area contributed by atoms with Crippen LogP contribution < -0.4 is 9.57 Å². The van der Waals surface area contributed by atoms with Crippen molar-refractivity contribution in [3.05, 3.63) is 58.7 Å². The standard InChI is InChI=1S/C18H22N2O3S/c1-12-7-9-17(23-5)16(10-12)15(4)19-20-24(21,22)18-11-13(2)6-8-14(18)3/h6-11,20H,1-5H3/b19-15-. The normalized spacial score (nSPS) is 12.1. The van der Waals surface area contributed by atoms with E-state index >= 15 is 0 Å². The van der Waals surface area contributed by atoms with E-state index in [1.165, 1.54) is 0 Å². The predicted molar refractivity (Wildman–Crippen MR) is 96.2 cm³/mol. The monoisotopic (exact) mass is 346 g/mol. The van der Waals surface area contributed by atoms with Crippen molar-refractivity contribution >= 4 is 15.7 Å². The summed E-state index contributed by atoms with van der Waals surface area (Å²) in [6, 6.07) is 11.0. The van der Waals surface area contributed by atoms with Crippen LogP contribution in [0.4, 0.5) is 0 Å². The molecule has 0 fully saturated rings. The van der Waals surface area contributed by atoms with Crippen molar-refractivity contribution in [1.82, 2.24) is 4.83 Å². The number of benzene rings is 2. The third-order valence-electron chi connectivity index (χ3n) is 3.71. The van der Waals surface area contributed by atoms with Crippen LogP contribution in [0.25, 0.3) is 0 Å². The van der Waals surface area contributed by atoms with E-state index in [-0.39, 0.29) is 4.90 Å². The zero-order chi connectivity index (χ0) is 17.9. The molecule has 0 radical (unpaired) electrons. The Morgan fingerprint density at radius 3 is 2.33 bits per heavy atom. The van der Waals surface area contributed by atoms with Gasteiger partial charge in [0.2, 0.25) is 0 Å². The molecule has 2 aromatic rings. The van der Waals surface area contributed by atoms with Crippen LogP contribution in [0.2, 0.25) is 0 Å². The SMILES string of the molecule is COc1ccc(C)cc1/C(C)=N\NS(=O)(=O)c1cc(C)ccc1C. The van der Waals surface area contributed by atoms with Crippen LogP contribution in [-0.2, 0) is 10.0 Å². The molecule has 0 aliphatic carbocycles. The van der Waals surface area contributed by atoms with E-state index in [2.05, 4.69) is 9.93 Å². The second-order valence-electron chi connectivity index (χ2n) is 5.76. The van der Waals surface area contributed by atoms with Crippen molar-refractivity contribution in [3.63, 3.8) is 0 Å². The largest absolute Gasteiger partial charge is 0.496 e. The van der Waals surface area contributed by atoms with E-state index in [9.17, 15) is 8.42 Å². The molecule has 1 N–H and O–H groups in total. The van der Waals surface area contributed by atoms with Crippen LogP contribution in [0.5, 0.6) is 5.75 Å². The Labute approximate surface area is 143 Å². The quantitative estimate of drug-likeness (QED) is 0.667. The van der Waals surface area contributed by atoms with E-state index in [0.717, 1.165) is 16.7 Å². The molecule has 0 spiro atoms. The van der Waals surface area contributed by atoms with E-state index in [4.69, 9.17) is 4.74 Å². The minimum Gasteiger partial charge on any atom is -0.496 e. The smallest absolute Gasteiger partial charge is 0.276 e. The van der Waals surface area contributed by atoms with Crippen LogP contribution in [0, 0.1) is 20.8 Å². The molecule has 0 heterocycles. The summed E-state index contributed by atoms with van der Waals surface area (Å²) >= 11 is 0. The molecular weight excluding hydrogens is 324 g/mol. The number of methoxy groups -OCH3 is 1. The van der Waals surface area contributed by atoms with Crippen LogP contribution in [-0.4, -0.2) is 21.2 Å². The first-order valence-electron chi connectivity index (χ1n) is 7.53. The van der Waals surface area contributed by atoms with Crippen molar-refractivity contribution < 1.29 is 13.2 Å². The lowest BCUT2D eigenvalue weighted by Gasteiger charge is -2.11. The van der Waals surface area contributed by atoms with Gasteiger partial charge >= 0.3 is 0 Å². The summed E-state index contributed by atoms with van der Waals surface area (Å²) in [4.78, 5) is 2.55. The lowest BCUT2D eigenvalue weighted by Crippen LogP contribution is -2.21. The minimum atomic E-state index is -3.72. The maximum atomic E-state index is 12.5. The van der Waals surface area contributed by atoms with Gasteiger partial charge in [-0.05, 0) is 57.0 Å². The van der Waals surface area contributed by atoms with Gasteiger partial charge < -0.3 is 4.74 Å². The number of rotatable bonds is 5. The van der Waals surface area contributed by atoms with Gasteiger partial charge in [0.15, 0.2) is 0 Å². The van der Waals surface area contributed by atoms with Crippen molar-refractivity contribution in [2.24, 2.45) is 5.10 Å². The van der Waals surface area contributed by atoms with Gasteiger partial charge in [-0.15, -0.1) is 0 Å². The molecule has 2 aromatic carbocycles. The number of nitrogens with zero attached hydrogens (tertiary/aromatic N) is 1. The maximum absolute atomic E-state index is 12.5. The van der Waals surface area contributed by atoms with E-state index < -0.39 is 10.0 Å². The van der Waals surface area contributed by atoms with Gasteiger partial charge in [-0.1, -0.05) is 23.8 Å². The van der Waals surface area contributed by atoms with Gasteiger partial charge in [0.25, 0.3) is 10.0 Å². The van der Waals surface area contributed by atoms with Crippen LogP contribution in [0.3, 0.4) is 0 Å². The van der Waals surface area contributed by atoms with Gasteiger partial charge in [-0.25, -0.2) is 0 Å². The molecule has 5 nitrogen and oxygen atoms in total. The van der Waals surface area contributed by atoms with Crippen LogP contribution >= 0.6 is 0 Å². The Morgan fingerprint density at radius 1 is 1.04 bits per heavy atom. The Balaban J connectivity index is 2.36. The number of hydrogen-bond donors (Lipinski definition) is 1. The molecule has 0 saturated heterocycles.